The van der Waals surface area contributed by atoms with Gasteiger partial charge in [0.1, 0.15) is 5.82 Å². The van der Waals surface area contributed by atoms with Gasteiger partial charge >= 0.3 is 0 Å². The van der Waals surface area contributed by atoms with Crippen LogP contribution in [0.3, 0.4) is 0 Å². The zero-order valence-electron chi connectivity index (χ0n) is 10.9. The molecule has 0 aliphatic rings. The summed E-state index contributed by atoms with van der Waals surface area (Å²) in [5, 5.41) is 3.33. The van der Waals surface area contributed by atoms with Gasteiger partial charge in [0.15, 0.2) is 0 Å². The molecule has 4 nitrogen and oxygen atoms in total. The molecule has 0 bridgehead atoms. The van der Waals surface area contributed by atoms with Crippen LogP contribution in [0.15, 0.2) is 46.9 Å². The first-order chi connectivity index (χ1) is 10.1. The third kappa shape index (κ3) is 3.25. The lowest BCUT2D eigenvalue weighted by Crippen LogP contribution is -2.23. The average Bonchev–Trinajstić information content (AvgIpc) is 2.86. The van der Waals surface area contributed by atoms with E-state index in [1.165, 1.54) is 0 Å². The fourth-order valence-electron chi connectivity index (χ4n) is 2.04. The van der Waals surface area contributed by atoms with E-state index in [0.717, 1.165) is 15.5 Å². The summed E-state index contributed by atoms with van der Waals surface area (Å²) in [6, 6.07) is 12.8. The molecule has 0 saturated carbocycles. The quantitative estimate of drug-likeness (QED) is 0.740. The molecule has 0 fully saturated rings. The molecule has 0 atom stereocenters. The Bertz CT molecular complexity index is 762. The highest BCUT2D eigenvalue weighted by atomic mass is 79.9. The van der Waals surface area contributed by atoms with E-state index >= 15 is 0 Å². The number of halogens is 2. The van der Waals surface area contributed by atoms with Crippen LogP contribution in [0.2, 0.25) is 5.02 Å². The predicted molar refractivity (Wildman–Crippen MR) is 86.4 cm³/mol. The summed E-state index contributed by atoms with van der Waals surface area (Å²) >= 11 is 9.25. The van der Waals surface area contributed by atoms with E-state index in [0.29, 0.717) is 23.0 Å². The summed E-state index contributed by atoms with van der Waals surface area (Å²) in [5.74, 6) is 0.518. The fraction of sp³-hybridized carbons (Fsp3) is 0.0667. The molecule has 1 aromatic heterocycles. The molecule has 3 aromatic rings. The number of imidazole rings is 1. The molecule has 0 aliphatic carbocycles. The lowest BCUT2D eigenvalue weighted by Gasteiger charge is -2.04. The number of carbonyl (C=O) groups excluding carboxylic acids is 1. The maximum absolute atomic E-state index is 12.1. The van der Waals surface area contributed by atoms with Crippen LogP contribution in [0, 0.1) is 0 Å². The standard InChI is InChI=1S/C15H11BrClN3O/c16-10-5-9(6-11(17)7-10)15(21)18-8-14-19-12-3-1-2-4-13(12)20-14/h1-7H,8H2,(H,18,21)(H,19,20). The molecular weight excluding hydrogens is 354 g/mol. The van der Waals surface area contributed by atoms with Crippen LogP contribution in [0.25, 0.3) is 11.0 Å². The van der Waals surface area contributed by atoms with E-state index in [9.17, 15) is 4.79 Å². The molecular formula is C15H11BrClN3O. The molecule has 2 aromatic carbocycles. The largest absolute Gasteiger partial charge is 0.345 e. The Labute approximate surface area is 134 Å². The van der Waals surface area contributed by atoms with Crippen molar-refractivity contribution in [1.82, 2.24) is 15.3 Å². The number of nitrogens with one attached hydrogen (secondary N) is 2. The first-order valence-corrected chi connectivity index (χ1v) is 7.47. The predicted octanol–water partition coefficient (Wildman–Crippen LogP) is 3.91. The van der Waals surface area contributed by atoms with Gasteiger partial charge in [0.05, 0.1) is 17.6 Å². The Morgan fingerprint density at radius 2 is 2.10 bits per heavy atom. The first-order valence-electron chi connectivity index (χ1n) is 6.30. The lowest BCUT2D eigenvalue weighted by molar-refractivity contribution is 0.0950. The van der Waals surface area contributed by atoms with Crippen LogP contribution in [-0.2, 0) is 6.54 Å². The van der Waals surface area contributed by atoms with E-state index in [-0.39, 0.29) is 5.91 Å². The molecule has 2 N–H and O–H groups in total. The van der Waals surface area contributed by atoms with Crippen LogP contribution in [0.1, 0.15) is 16.2 Å². The highest BCUT2D eigenvalue weighted by Gasteiger charge is 2.09. The molecule has 1 amide bonds. The number of benzene rings is 2. The molecule has 0 saturated heterocycles. The van der Waals surface area contributed by atoms with Gasteiger partial charge in [0.2, 0.25) is 0 Å². The molecule has 6 heteroatoms. The molecule has 106 valence electrons. The van der Waals surface area contributed by atoms with Crippen molar-refractivity contribution in [3.63, 3.8) is 0 Å². The molecule has 3 rings (SSSR count). The highest BCUT2D eigenvalue weighted by molar-refractivity contribution is 9.10. The summed E-state index contributed by atoms with van der Waals surface area (Å²) in [6.45, 7) is 0.331. The Hall–Kier alpha value is -1.85. The summed E-state index contributed by atoms with van der Waals surface area (Å²) in [5.41, 5.74) is 2.34. The van der Waals surface area contributed by atoms with Gasteiger partial charge in [-0.15, -0.1) is 0 Å². The van der Waals surface area contributed by atoms with E-state index < -0.39 is 0 Å². The van der Waals surface area contributed by atoms with Crippen LogP contribution >= 0.6 is 27.5 Å². The first kappa shape index (κ1) is 14.1. The number of amides is 1. The number of hydrogen-bond acceptors (Lipinski definition) is 2. The van der Waals surface area contributed by atoms with Crippen LogP contribution < -0.4 is 5.32 Å². The minimum absolute atomic E-state index is 0.196. The third-order valence-electron chi connectivity index (χ3n) is 2.98. The second-order valence-electron chi connectivity index (χ2n) is 4.54. The van der Waals surface area contributed by atoms with Gasteiger partial charge in [0.25, 0.3) is 5.91 Å². The SMILES string of the molecule is O=C(NCc1nc2ccccc2[nH]1)c1cc(Cl)cc(Br)c1. The topological polar surface area (TPSA) is 57.8 Å². The van der Waals surface area contributed by atoms with Gasteiger partial charge < -0.3 is 10.3 Å². The number of carbonyl (C=O) groups is 1. The minimum Gasteiger partial charge on any atom is -0.345 e. The Balaban J connectivity index is 1.73. The minimum atomic E-state index is -0.196. The van der Waals surface area contributed by atoms with Crippen LogP contribution in [-0.4, -0.2) is 15.9 Å². The molecule has 0 aliphatic heterocycles. The normalized spacial score (nSPS) is 10.8. The van der Waals surface area contributed by atoms with Crippen molar-refractivity contribution in [3.8, 4) is 0 Å². The Morgan fingerprint density at radius 1 is 1.29 bits per heavy atom. The van der Waals surface area contributed by atoms with Crippen molar-refractivity contribution >= 4 is 44.5 Å². The average molecular weight is 365 g/mol. The summed E-state index contributed by atoms with van der Waals surface area (Å²) in [6.07, 6.45) is 0. The van der Waals surface area contributed by atoms with E-state index in [2.05, 4.69) is 31.2 Å². The van der Waals surface area contributed by atoms with Crippen LogP contribution in [0.5, 0.6) is 0 Å². The maximum Gasteiger partial charge on any atom is 0.251 e. The Morgan fingerprint density at radius 3 is 2.86 bits per heavy atom. The monoisotopic (exact) mass is 363 g/mol. The number of H-pyrrole nitrogens is 1. The van der Waals surface area contributed by atoms with Gasteiger partial charge in [0, 0.05) is 15.1 Å². The molecule has 0 spiro atoms. The number of aromatic amines is 1. The molecule has 0 unspecified atom stereocenters. The Kier molecular flexibility index (Phi) is 3.94. The van der Waals surface area contributed by atoms with Gasteiger partial charge in [-0.1, -0.05) is 39.7 Å². The summed E-state index contributed by atoms with van der Waals surface area (Å²) in [4.78, 5) is 19.7. The van der Waals surface area contributed by atoms with Gasteiger partial charge in [-0.05, 0) is 30.3 Å². The van der Waals surface area contributed by atoms with Gasteiger partial charge in [-0.25, -0.2) is 4.98 Å². The number of fused-ring (bicyclic) bond motifs is 1. The van der Waals surface area contributed by atoms with Gasteiger partial charge in [-0.2, -0.15) is 0 Å². The number of hydrogen-bond donors (Lipinski definition) is 2. The summed E-state index contributed by atoms with van der Waals surface area (Å²) < 4.78 is 0.767. The number of aromatic nitrogens is 2. The zero-order valence-corrected chi connectivity index (χ0v) is 13.2. The number of nitrogens with zero attached hydrogens (tertiary/aromatic N) is 1. The van der Waals surface area contributed by atoms with Crippen molar-refractivity contribution in [2.24, 2.45) is 0 Å². The van der Waals surface area contributed by atoms with Gasteiger partial charge in [-0.3, -0.25) is 4.79 Å². The second-order valence-corrected chi connectivity index (χ2v) is 5.89. The van der Waals surface area contributed by atoms with Crippen molar-refractivity contribution in [2.75, 3.05) is 0 Å². The number of rotatable bonds is 3. The number of para-hydroxylation sites is 2. The van der Waals surface area contributed by atoms with E-state index in [1.54, 1.807) is 18.2 Å². The van der Waals surface area contributed by atoms with E-state index in [1.807, 2.05) is 24.3 Å². The van der Waals surface area contributed by atoms with Crippen molar-refractivity contribution in [2.45, 2.75) is 6.54 Å². The van der Waals surface area contributed by atoms with Crippen molar-refractivity contribution in [1.29, 1.82) is 0 Å². The molecule has 21 heavy (non-hydrogen) atoms. The lowest BCUT2D eigenvalue weighted by atomic mass is 10.2. The van der Waals surface area contributed by atoms with Crippen molar-refractivity contribution in [3.05, 3.63) is 63.3 Å². The highest BCUT2D eigenvalue weighted by Crippen LogP contribution is 2.19. The summed E-state index contributed by atoms with van der Waals surface area (Å²) in [7, 11) is 0. The fourth-order valence-corrected chi connectivity index (χ4v) is 2.90. The second kappa shape index (κ2) is 5.87. The van der Waals surface area contributed by atoms with Crippen LogP contribution in [0.4, 0.5) is 0 Å². The zero-order chi connectivity index (χ0) is 14.8. The van der Waals surface area contributed by atoms with E-state index in [4.69, 9.17) is 11.6 Å². The molecule has 1 heterocycles. The van der Waals surface area contributed by atoms with Crippen molar-refractivity contribution < 1.29 is 4.79 Å². The third-order valence-corrected chi connectivity index (χ3v) is 3.66. The smallest absolute Gasteiger partial charge is 0.251 e. The molecule has 0 radical (unpaired) electrons. The maximum atomic E-state index is 12.1.